The zero-order valence-corrected chi connectivity index (χ0v) is 8.96. The standard InChI is InChI=1S/C13H11N3/c1-10-6-11(2-5-15-10)12-7-13-3-4-14-9-16(13)8-12/h2-9H,1H3. The Labute approximate surface area is 93.4 Å². The lowest BCUT2D eigenvalue weighted by Crippen LogP contribution is -1.82. The van der Waals surface area contributed by atoms with Gasteiger partial charge in [-0.3, -0.25) is 4.98 Å². The third kappa shape index (κ3) is 1.46. The van der Waals surface area contributed by atoms with Crippen molar-refractivity contribution in [3.8, 4) is 11.1 Å². The molecule has 0 atom stereocenters. The van der Waals surface area contributed by atoms with Gasteiger partial charge in [-0.05, 0) is 36.8 Å². The number of fused-ring (bicyclic) bond motifs is 1. The molecule has 3 nitrogen and oxygen atoms in total. The minimum atomic E-state index is 1.03. The van der Waals surface area contributed by atoms with E-state index in [1.54, 1.807) is 6.20 Å². The summed E-state index contributed by atoms with van der Waals surface area (Å²) in [6, 6.07) is 8.26. The van der Waals surface area contributed by atoms with Gasteiger partial charge in [-0.25, -0.2) is 4.98 Å². The smallest absolute Gasteiger partial charge is 0.0990 e. The monoisotopic (exact) mass is 209 g/mol. The van der Waals surface area contributed by atoms with Gasteiger partial charge in [-0.2, -0.15) is 0 Å². The number of nitrogens with zero attached hydrogens (tertiary/aromatic N) is 3. The van der Waals surface area contributed by atoms with Crippen LogP contribution in [0.2, 0.25) is 0 Å². The van der Waals surface area contributed by atoms with Crippen LogP contribution in [0.4, 0.5) is 0 Å². The lowest BCUT2D eigenvalue weighted by molar-refractivity contribution is 1.10. The fourth-order valence-electron chi connectivity index (χ4n) is 1.84. The first-order valence-corrected chi connectivity index (χ1v) is 5.18. The Morgan fingerprint density at radius 3 is 2.81 bits per heavy atom. The molecule has 78 valence electrons. The summed E-state index contributed by atoms with van der Waals surface area (Å²) < 4.78 is 2.02. The molecule has 0 radical (unpaired) electrons. The minimum absolute atomic E-state index is 1.03. The average molecular weight is 209 g/mol. The Hall–Kier alpha value is -2.16. The summed E-state index contributed by atoms with van der Waals surface area (Å²) in [4.78, 5) is 8.29. The summed E-state index contributed by atoms with van der Waals surface area (Å²) in [6.07, 6.45) is 7.53. The van der Waals surface area contributed by atoms with E-state index < -0.39 is 0 Å². The van der Waals surface area contributed by atoms with E-state index in [9.17, 15) is 0 Å². The molecular weight excluding hydrogens is 198 g/mol. The summed E-state index contributed by atoms with van der Waals surface area (Å²) in [6.45, 7) is 2.00. The fourth-order valence-corrected chi connectivity index (χ4v) is 1.84. The predicted molar refractivity (Wildman–Crippen MR) is 63.2 cm³/mol. The van der Waals surface area contributed by atoms with Gasteiger partial charge >= 0.3 is 0 Å². The highest BCUT2D eigenvalue weighted by molar-refractivity contribution is 5.69. The molecule has 3 heteroatoms. The fraction of sp³-hybridized carbons (Fsp3) is 0.0769. The summed E-state index contributed by atoms with van der Waals surface area (Å²) in [5.41, 5.74) is 4.57. The van der Waals surface area contributed by atoms with Gasteiger partial charge in [0, 0.05) is 35.4 Å². The van der Waals surface area contributed by atoms with Crippen LogP contribution in [0, 0.1) is 6.92 Å². The first kappa shape index (κ1) is 9.09. The first-order chi connectivity index (χ1) is 7.83. The number of rotatable bonds is 1. The van der Waals surface area contributed by atoms with Crippen molar-refractivity contribution < 1.29 is 0 Å². The zero-order valence-electron chi connectivity index (χ0n) is 8.96. The lowest BCUT2D eigenvalue weighted by Gasteiger charge is -1.97. The average Bonchev–Trinajstić information content (AvgIpc) is 2.72. The maximum absolute atomic E-state index is 4.20. The van der Waals surface area contributed by atoms with Gasteiger partial charge in [0.1, 0.15) is 0 Å². The van der Waals surface area contributed by atoms with Crippen LogP contribution in [0.25, 0.3) is 16.6 Å². The topological polar surface area (TPSA) is 30.2 Å². The van der Waals surface area contributed by atoms with Gasteiger partial charge in [0.25, 0.3) is 0 Å². The second-order valence-corrected chi connectivity index (χ2v) is 3.83. The van der Waals surface area contributed by atoms with E-state index in [0.29, 0.717) is 0 Å². The highest BCUT2D eigenvalue weighted by Crippen LogP contribution is 2.22. The molecule has 0 N–H and O–H groups in total. The number of hydrogen-bond acceptors (Lipinski definition) is 2. The van der Waals surface area contributed by atoms with Gasteiger partial charge in [-0.1, -0.05) is 0 Å². The van der Waals surface area contributed by atoms with Crippen LogP contribution < -0.4 is 0 Å². The highest BCUT2D eigenvalue weighted by atomic mass is 14.9. The Bertz CT molecular complexity index is 607. The van der Waals surface area contributed by atoms with Crippen molar-refractivity contribution >= 4 is 5.52 Å². The van der Waals surface area contributed by atoms with Crippen molar-refractivity contribution in [3.05, 3.63) is 54.9 Å². The molecule has 0 saturated carbocycles. The summed E-state index contributed by atoms with van der Waals surface area (Å²) in [5.74, 6) is 0. The molecule has 0 aliphatic carbocycles. The van der Waals surface area contributed by atoms with Crippen molar-refractivity contribution in [2.24, 2.45) is 0 Å². The number of aryl methyl sites for hydroxylation is 1. The third-order valence-electron chi connectivity index (χ3n) is 2.63. The molecule has 16 heavy (non-hydrogen) atoms. The molecule has 0 spiro atoms. The van der Waals surface area contributed by atoms with Crippen LogP contribution >= 0.6 is 0 Å². The van der Waals surface area contributed by atoms with Crippen LogP contribution in [0.15, 0.2) is 49.2 Å². The number of pyridine rings is 1. The Balaban J connectivity index is 2.19. The minimum Gasteiger partial charge on any atom is -0.307 e. The molecule has 3 heterocycles. The van der Waals surface area contributed by atoms with Crippen LogP contribution in [-0.4, -0.2) is 14.4 Å². The van der Waals surface area contributed by atoms with Crippen LogP contribution in [0.5, 0.6) is 0 Å². The van der Waals surface area contributed by atoms with Gasteiger partial charge < -0.3 is 4.40 Å². The highest BCUT2D eigenvalue weighted by Gasteiger charge is 2.02. The maximum atomic E-state index is 4.20. The van der Waals surface area contributed by atoms with Crippen molar-refractivity contribution in [2.45, 2.75) is 6.92 Å². The second-order valence-electron chi connectivity index (χ2n) is 3.83. The molecule has 3 aromatic heterocycles. The van der Waals surface area contributed by atoms with Gasteiger partial charge in [0.15, 0.2) is 0 Å². The zero-order chi connectivity index (χ0) is 11.0. The maximum Gasteiger partial charge on any atom is 0.0990 e. The van der Waals surface area contributed by atoms with Crippen LogP contribution in [-0.2, 0) is 0 Å². The van der Waals surface area contributed by atoms with E-state index >= 15 is 0 Å². The van der Waals surface area contributed by atoms with Crippen LogP contribution in [0.3, 0.4) is 0 Å². The summed E-state index contributed by atoms with van der Waals surface area (Å²) in [5, 5.41) is 0. The largest absolute Gasteiger partial charge is 0.307 e. The number of hydrogen-bond donors (Lipinski definition) is 0. The third-order valence-corrected chi connectivity index (χ3v) is 2.63. The van der Waals surface area contributed by atoms with Gasteiger partial charge in [0.2, 0.25) is 0 Å². The Kier molecular flexibility index (Phi) is 1.96. The normalized spacial score (nSPS) is 10.8. The number of aromatic nitrogens is 3. The van der Waals surface area contributed by atoms with E-state index in [1.165, 1.54) is 11.1 Å². The summed E-state index contributed by atoms with van der Waals surface area (Å²) in [7, 11) is 0. The van der Waals surface area contributed by atoms with E-state index in [-0.39, 0.29) is 0 Å². The molecule has 0 unspecified atom stereocenters. The molecule has 0 amide bonds. The molecule has 3 rings (SSSR count). The van der Waals surface area contributed by atoms with Crippen LogP contribution in [0.1, 0.15) is 5.69 Å². The molecule has 0 fully saturated rings. The Morgan fingerprint density at radius 2 is 2.00 bits per heavy atom. The SMILES string of the molecule is Cc1cc(-c2cc3ccncn3c2)ccn1. The van der Waals surface area contributed by atoms with Crippen molar-refractivity contribution in [3.63, 3.8) is 0 Å². The molecule has 0 saturated heterocycles. The lowest BCUT2D eigenvalue weighted by atomic mass is 10.1. The van der Waals surface area contributed by atoms with Crippen molar-refractivity contribution in [2.75, 3.05) is 0 Å². The van der Waals surface area contributed by atoms with Crippen molar-refractivity contribution in [1.82, 2.24) is 14.4 Å². The van der Waals surface area contributed by atoms with E-state index in [2.05, 4.69) is 28.3 Å². The second kappa shape index (κ2) is 3.45. The molecule has 0 aliphatic heterocycles. The van der Waals surface area contributed by atoms with E-state index in [4.69, 9.17) is 0 Å². The molecule has 3 aromatic rings. The first-order valence-electron chi connectivity index (χ1n) is 5.18. The molecule has 0 aromatic carbocycles. The molecule has 0 bridgehead atoms. The predicted octanol–water partition coefficient (Wildman–Crippen LogP) is 2.70. The van der Waals surface area contributed by atoms with Gasteiger partial charge in [0.05, 0.1) is 6.33 Å². The summed E-state index contributed by atoms with van der Waals surface area (Å²) >= 11 is 0. The molecular formula is C13H11N3. The molecule has 0 aliphatic rings. The quantitative estimate of drug-likeness (QED) is 0.616. The van der Waals surface area contributed by atoms with E-state index in [1.807, 2.05) is 36.0 Å². The Morgan fingerprint density at radius 1 is 1.06 bits per heavy atom. The van der Waals surface area contributed by atoms with Gasteiger partial charge in [-0.15, -0.1) is 0 Å². The van der Waals surface area contributed by atoms with Crippen molar-refractivity contribution in [1.29, 1.82) is 0 Å². The van der Waals surface area contributed by atoms with E-state index in [0.717, 1.165) is 11.2 Å².